The van der Waals surface area contributed by atoms with Gasteiger partial charge in [-0.15, -0.1) is 12.6 Å². The lowest BCUT2D eigenvalue weighted by atomic mass is 10.2. The topological polar surface area (TPSA) is 43.1 Å². The van der Waals surface area contributed by atoms with Crippen LogP contribution in [0.1, 0.15) is 5.56 Å². The van der Waals surface area contributed by atoms with E-state index in [9.17, 15) is 10.1 Å². The van der Waals surface area contributed by atoms with Gasteiger partial charge < -0.3 is 0 Å². The molecule has 0 aliphatic rings. The molecule has 11 heavy (non-hydrogen) atoms. The number of hydrogen-bond acceptors (Lipinski definition) is 3. The monoisotopic (exact) mass is 169 g/mol. The van der Waals surface area contributed by atoms with Gasteiger partial charge >= 0.3 is 0 Å². The molecule has 4 heteroatoms. The van der Waals surface area contributed by atoms with Crippen LogP contribution in [0, 0.1) is 17.0 Å². The maximum Gasteiger partial charge on any atom is 0.282 e. The van der Waals surface area contributed by atoms with E-state index in [0.717, 1.165) is 5.56 Å². The summed E-state index contributed by atoms with van der Waals surface area (Å²) in [5.74, 6) is 0. The van der Waals surface area contributed by atoms with Gasteiger partial charge in [0.2, 0.25) is 0 Å². The number of thiol groups is 1. The number of benzene rings is 1. The second kappa shape index (κ2) is 2.92. The number of nitrogens with zero attached hydrogens (tertiary/aromatic N) is 1. The molecule has 0 spiro atoms. The van der Waals surface area contributed by atoms with Gasteiger partial charge in [-0.1, -0.05) is 6.07 Å². The van der Waals surface area contributed by atoms with Crippen LogP contribution in [-0.4, -0.2) is 4.92 Å². The van der Waals surface area contributed by atoms with E-state index in [2.05, 4.69) is 12.6 Å². The smallest absolute Gasteiger partial charge is 0.258 e. The SMILES string of the molecule is Cc1ccc([N+](=O)[O-])c(S)c1. The molecule has 58 valence electrons. The maximum absolute atomic E-state index is 10.3. The Hall–Kier alpha value is -1.03. The van der Waals surface area contributed by atoms with Crippen LogP contribution in [0.3, 0.4) is 0 Å². The molecule has 0 saturated carbocycles. The van der Waals surface area contributed by atoms with E-state index in [1.54, 1.807) is 12.1 Å². The maximum atomic E-state index is 10.3. The Kier molecular flexibility index (Phi) is 2.14. The van der Waals surface area contributed by atoms with Crippen molar-refractivity contribution < 1.29 is 4.92 Å². The number of nitro groups is 1. The summed E-state index contributed by atoms with van der Waals surface area (Å²) in [5, 5.41) is 10.3. The van der Waals surface area contributed by atoms with Crippen LogP contribution in [0.5, 0.6) is 0 Å². The Morgan fingerprint density at radius 2 is 2.18 bits per heavy atom. The normalized spacial score (nSPS) is 9.64. The van der Waals surface area contributed by atoms with Gasteiger partial charge in [-0.3, -0.25) is 10.1 Å². The lowest BCUT2D eigenvalue weighted by Crippen LogP contribution is -1.89. The first-order chi connectivity index (χ1) is 5.11. The summed E-state index contributed by atoms with van der Waals surface area (Å²) in [5.41, 5.74) is 1.03. The minimum atomic E-state index is -0.443. The summed E-state index contributed by atoms with van der Waals surface area (Å²) in [6.07, 6.45) is 0. The zero-order chi connectivity index (χ0) is 8.43. The second-order valence-electron chi connectivity index (χ2n) is 2.25. The van der Waals surface area contributed by atoms with Crippen molar-refractivity contribution >= 4 is 18.3 Å². The van der Waals surface area contributed by atoms with Crippen molar-refractivity contribution in [1.29, 1.82) is 0 Å². The van der Waals surface area contributed by atoms with Gasteiger partial charge in [-0.05, 0) is 18.6 Å². The highest BCUT2D eigenvalue weighted by Gasteiger charge is 2.08. The van der Waals surface area contributed by atoms with Crippen molar-refractivity contribution in [2.45, 2.75) is 11.8 Å². The van der Waals surface area contributed by atoms with E-state index in [1.165, 1.54) is 6.07 Å². The first-order valence-corrected chi connectivity index (χ1v) is 3.50. The molecule has 0 N–H and O–H groups in total. The van der Waals surface area contributed by atoms with Gasteiger partial charge in [-0.2, -0.15) is 0 Å². The molecule has 1 aromatic carbocycles. The molecule has 0 unspecified atom stereocenters. The fraction of sp³-hybridized carbons (Fsp3) is 0.143. The van der Waals surface area contributed by atoms with Crippen molar-refractivity contribution in [2.75, 3.05) is 0 Å². The Balaban J connectivity index is 3.20. The number of rotatable bonds is 1. The van der Waals surface area contributed by atoms with Crippen molar-refractivity contribution in [3.8, 4) is 0 Å². The van der Waals surface area contributed by atoms with Crippen molar-refractivity contribution in [3.05, 3.63) is 33.9 Å². The van der Waals surface area contributed by atoms with Crippen molar-refractivity contribution in [1.82, 2.24) is 0 Å². The first kappa shape index (κ1) is 8.07. The van der Waals surface area contributed by atoms with Gasteiger partial charge in [0.15, 0.2) is 0 Å². The van der Waals surface area contributed by atoms with Crippen LogP contribution in [0.15, 0.2) is 23.1 Å². The predicted molar refractivity (Wildman–Crippen MR) is 45.1 cm³/mol. The third kappa shape index (κ3) is 1.71. The van der Waals surface area contributed by atoms with E-state index >= 15 is 0 Å². The van der Waals surface area contributed by atoms with Gasteiger partial charge in [-0.25, -0.2) is 0 Å². The summed E-state index contributed by atoms with van der Waals surface area (Å²) in [6.45, 7) is 1.86. The molecule has 0 atom stereocenters. The molecule has 1 rings (SSSR count). The number of nitro benzene ring substituents is 1. The average molecular weight is 169 g/mol. The lowest BCUT2D eigenvalue weighted by molar-refractivity contribution is -0.387. The standard InChI is InChI=1S/C7H7NO2S/c1-5-2-3-6(8(9)10)7(11)4-5/h2-4,11H,1H3. The summed E-state index contributed by atoms with van der Waals surface area (Å²) in [4.78, 5) is 10.3. The third-order valence-electron chi connectivity index (χ3n) is 1.33. The summed E-state index contributed by atoms with van der Waals surface area (Å²) in [6, 6.07) is 4.82. The molecule has 0 amide bonds. The van der Waals surface area contributed by atoms with E-state index in [4.69, 9.17) is 0 Å². The first-order valence-electron chi connectivity index (χ1n) is 3.05. The van der Waals surface area contributed by atoms with E-state index in [-0.39, 0.29) is 5.69 Å². The molecule has 0 bridgehead atoms. The molecule has 1 aromatic rings. The van der Waals surface area contributed by atoms with Gasteiger partial charge in [0.1, 0.15) is 0 Å². The van der Waals surface area contributed by atoms with Crippen molar-refractivity contribution in [3.63, 3.8) is 0 Å². The van der Waals surface area contributed by atoms with Crippen LogP contribution in [0.25, 0.3) is 0 Å². The largest absolute Gasteiger partial charge is 0.282 e. The predicted octanol–water partition coefficient (Wildman–Crippen LogP) is 2.19. The Morgan fingerprint density at radius 1 is 1.55 bits per heavy atom. The Bertz CT molecular complexity index is 298. The quantitative estimate of drug-likeness (QED) is 0.398. The fourth-order valence-electron chi connectivity index (χ4n) is 0.788. The van der Waals surface area contributed by atoms with E-state index in [0.29, 0.717) is 4.90 Å². The Morgan fingerprint density at radius 3 is 2.64 bits per heavy atom. The molecule has 0 fully saturated rings. The zero-order valence-corrected chi connectivity index (χ0v) is 6.84. The minimum absolute atomic E-state index is 0.0546. The summed E-state index contributed by atoms with van der Waals surface area (Å²) < 4.78 is 0. The van der Waals surface area contributed by atoms with Crippen LogP contribution in [0.4, 0.5) is 5.69 Å². The van der Waals surface area contributed by atoms with E-state index < -0.39 is 4.92 Å². The van der Waals surface area contributed by atoms with Gasteiger partial charge in [0.05, 0.1) is 9.82 Å². The van der Waals surface area contributed by atoms with E-state index in [1.807, 2.05) is 6.92 Å². The summed E-state index contributed by atoms with van der Waals surface area (Å²) in [7, 11) is 0. The molecular weight excluding hydrogens is 162 g/mol. The molecule has 3 nitrogen and oxygen atoms in total. The van der Waals surface area contributed by atoms with Crippen LogP contribution >= 0.6 is 12.6 Å². The molecule has 0 aliphatic heterocycles. The van der Waals surface area contributed by atoms with Gasteiger partial charge in [0, 0.05) is 6.07 Å². The highest BCUT2D eigenvalue weighted by molar-refractivity contribution is 7.80. The highest BCUT2D eigenvalue weighted by Crippen LogP contribution is 2.22. The number of hydrogen-bond donors (Lipinski definition) is 1. The lowest BCUT2D eigenvalue weighted by Gasteiger charge is -1.95. The van der Waals surface area contributed by atoms with Crippen LogP contribution in [-0.2, 0) is 0 Å². The van der Waals surface area contributed by atoms with Crippen molar-refractivity contribution in [2.24, 2.45) is 0 Å². The average Bonchev–Trinajstić information content (AvgIpc) is 1.85. The molecule has 0 aromatic heterocycles. The molecular formula is C7H7NO2S. The highest BCUT2D eigenvalue weighted by atomic mass is 32.1. The minimum Gasteiger partial charge on any atom is -0.258 e. The van der Waals surface area contributed by atoms with Crippen LogP contribution in [0.2, 0.25) is 0 Å². The third-order valence-corrected chi connectivity index (χ3v) is 1.69. The van der Waals surface area contributed by atoms with Crippen LogP contribution < -0.4 is 0 Å². The Labute approximate surface area is 69.6 Å². The molecule has 0 aliphatic carbocycles. The summed E-state index contributed by atoms with van der Waals surface area (Å²) >= 11 is 3.97. The fourth-order valence-corrected chi connectivity index (χ4v) is 1.15. The van der Waals surface area contributed by atoms with Gasteiger partial charge in [0.25, 0.3) is 5.69 Å². The molecule has 0 saturated heterocycles. The zero-order valence-electron chi connectivity index (χ0n) is 5.94. The molecule has 0 radical (unpaired) electrons. The molecule has 0 heterocycles. The number of aryl methyl sites for hydroxylation is 1. The second-order valence-corrected chi connectivity index (χ2v) is 2.73.